The molecule has 0 aromatic heterocycles. The number of hydrogen-bond donors (Lipinski definition) is 1. The zero-order chi connectivity index (χ0) is 14.9. The molecule has 0 aliphatic heterocycles. The van der Waals surface area contributed by atoms with Gasteiger partial charge in [-0.25, -0.2) is 0 Å². The van der Waals surface area contributed by atoms with Crippen LogP contribution in [0.15, 0.2) is 0 Å². The molecule has 21 heavy (non-hydrogen) atoms. The van der Waals surface area contributed by atoms with Crippen molar-refractivity contribution in [2.45, 2.75) is 109 Å². The second-order valence-corrected chi connectivity index (χ2v) is 7.73. The highest BCUT2D eigenvalue weighted by Crippen LogP contribution is 2.57. The number of aliphatic hydroxyl groups excluding tert-OH is 1. The summed E-state index contributed by atoms with van der Waals surface area (Å²) in [5.74, 6) is 2.53. The van der Waals surface area contributed by atoms with Gasteiger partial charge >= 0.3 is 0 Å². The van der Waals surface area contributed by atoms with Gasteiger partial charge in [-0.3, -0.25) is 0 Å². The van der Waals surface area contributed by atoms with Gasteiger partial charge in [-0.05, 0) is 37.0 Å². The molecule has 3 atom stereocenters. The van der Waals surface area contributed by atoms with E-state index in [9.17, 15) is 5.11 Å². The highest BCUT2D eigenvalue weighted by molar-refractivity contribution is 5.02. The van der Waals surface area contributed by atoms with Crippen LogP contribution in [0.1, 0.15) is 103 Å². The molecule has 3 unspecified atom stereocenters. The standard InChI is InChI=1S/C20H38O/c1-2-3-4-5-6-7-8-9-10-11-16-19(21)20-17-14-12-13-15-18(17)20/h17-21H,2-16H2,1H3. The first kappa shape index (κ1) is 17.3. The van der Waals surface area contributed by atoms with Gasteiger partial charge in [0.2, 0.25) is 0 Å². The molecule has 2 aliphatic rings. The lowest BCUT2D eigenvalue weighted by molar-refractivity contribution is 0.127. The quantitative estimate of drug-likeness (QED) is 0.431. The lowest BCUT2D eigenvalue weighted by Gasteiger charge is -2.10. The Morgan fingerprint density at radius 1 is 0.762 bits per heavy atom. The first-order valence-electron chi connectivity index (χ1n) is 10.0. The fourth-order valence-corrected chi connectivity index (χ4v) is 4.65. The molecular weight excluding hydrogens is 256 g/mol. The van der Waals surface area contributed by atoms with Gasteiger partial charge in [-0.15, -0.1) is 0 Å². The molecule has 1 N–H and O–H groups in total. The molecule has 2 rings (SSSR count). The molecule has 0 spiro atoms. The SMILES string of the molecule is CCCCCCCCCCCCC(O)C1C2CCCCC21. The Morgan fingerprint density at radius 3 is 1.76 bits per heavy atom. The van der Waals surface area contributed by atoms with E-state index in [0.717, 1.165) is 18.3 Å². The predicted molar refractivity (Wildman–Crippen MR) is 91.4 cm³/mol. The van der Waals surface area contributed by atoms with Crippen molar-refractivity contribution in [3.8, 4) is 0 Å². The van der Waals surface area contributed by atoms with Crippen LogP contribution in [0.4, 0.5) is 0 Å². The summed E-state index contributed by atoms with van der Waals surface area (Å²) in [4.78, 5) is 0. The molecule has 2 aliphatic carbocycles. The zero-order valence-electron chi connectivity index (χ0n) is 14.4. The van der Waals surface area contributed by atoms with E-state index in [4.69, 9.17) is 0 Å². The lowest BCUT2D eigenvalue weighted by Crippen LogP contribution is -2.11. The van der Waals surface area contributed by atoms with Crippen LogP contribution in [-0.2, 0) is 0 Å². The minimum absolute atomic E-state index is 0.0344. The van der Waals surface area contributed by atoms with Crippen LogP contribution >= 0.6 is 0 Å². The monoisotopic (exact) mass is 294 g/mol. The summed E-state index contributed by atoms with van der Waals surface area (Å²) in [6, 6.07) is 0. The molecule has 2 fully saturated rings. The van der Waals surface area contributed by atoms with Crippen molar-refractivity contribution in [1.82, 2.24) is 0 Å². The Balaban J connectivity index is 1.37. The molecule has 0 aromatic rings. The average molecular weight is 295 g/mol. The van der Waals surface area contributed by atoms with E-state index < -0.39 is 0 Å². The van der Waals surface area contributed by atoms with E-state index in [1.807, 2.05) is 0 Å². The van der Waals surface area contributed by atoms with E-state index in [1.165, 1.54) is 89.9 Å². The molecule has 1 nitrogen and oxygen atoms in total. The number of fused-ring (bicyclic) bond motifs is 1. The number of aliphatic hydroxyl groups is 1. The van der Waals surface area contributed by atoms with Gasteiger partial charge in [0.25, 0.3) is 0 Å². The minimum atomic E-state index is 0.0344. The molecule has 0 bridgehead atoms. The molecule has 0 heterocycles. The van der Waals surface area contributed by atoms with Crippen molar-refractivity contribution in [1.29, 1.82) is 0 Å². The van der Waals surface area contributed by atoms with Crippen LogP contribution in [-0.4, -0.2) is 11.2 Å². The first-order valence-corrected chi connectivity index (χ1v) is 10.0. The summed E-state index contributed by atoms with van der Waals surface area (Å²) in [6.45, 7) is 2.28. The summed E-state index contributed by atoms with van der Waals surface area (Å²) < 4.78 is 0. The predicted octanol–water partition coefficient (Wildman–Crippen LogP) is 6.09. The number of rotatable bonds is 12. The van der Waals surface area contributed by atoms with Gasteiger partial charge in [0.1, 0.15) is 0 Å². The van der Waals surface area contributed by atoms with Crippen molar-refractivity contribution < 1.29 is 5.11 Å². The number of hydrogen-bond acceptors (Lipinski definition) is 1. The summed E-state index contributed by atoms with van der Waals surface area (Å²) in [5.41, 5.74) is 0. The second kappa shape index (κ2) is 9.87. The third-order valence-corrected chi connectivity index (χ3v) is 6.02. The Morgan fingerprint density at radius 2 is 1.24 bits per heavy atom. The number of unbranched alkanes of at least 4 members (excludes halogenated alkanes) is 9. The molecule has 0 radical (unpaired) electrons. The van der Waals surface area contributed by atoms with Crippen molar-refractivity contribution in [3.05, 3.63) is 0 Å². The Labute approximate surface area is 132 Å². The van der Waals surface area contributed by atoms with E-state index in [2.05, 4.69) is 6.92 Å². The molecule has 0 amide bonds. The summed E-state index contributed by atoms with van der Waals surface area (Å²) >= 11 is 0. The fourth-order valence-electron chi connectivity index (χ4n) is 4.65. The van der Waals surface area contributed by atoms with Crippen LogP contribution in [0.25, 0.3) is 0 Å². The summed E-state index contributed by atoms with van der Waals surface area (Å²) in [7, 11) is 0. The van der Waals surface area contributed by atoms with Gasteiger partial charge < -0.3 is 5.11 Å². The van der Waals surface area contributed by atoms with Gasteiger partial charge in [0, 0.05) is 0 Å². The van der Waals surface area contributed by atoms with E-state index >= 15 is 0 Å². The van der Waals surface area contributed by atoms with Crippen LogP contribution in [0.2, 0.25) is 0 Å². The topological polar surface area (TPSA) is 20.2 Å². The second-order valence-electron chi connectivity index (χ2n) is 7.73. The van der Waals surface area contributed by atoms with Crippen molar-refractivity contribution in [2.24, 2.45) is 17.8 Å². The Bertz CT molecular complexity index is 251. The van der Waals surface area contributed by atoms with E-state index in [-0.39, 0.29) is 6.10 Å². The highest BCUT2D eigenvalue weighted by Gasteiger charge is 2.53. The first-order chi connectivity index (χ1) is 10.3. The molecule has 0 saturated heterocycles. The van der Waals surface area contributed by atoms with Gasteiger partial charge in [-0.2, -0.15) is 0 Å². The molecule has 2 saturated carbocycles. The van der Waals surface area contributed by atoms with Crippen LogP contribution in [0.3, 0.4) is 0 Å². The third kappa shape index (κ3) is 5.93. The highest BCUT2D eigenvalue weighted by atomic mass is 16.3. The van der Waals surface area contributed by atoms with E-state index in [1.54, 1.807) is 0 Å². The Kier molecular flexibility index (Phi) is 8.14. The van der Waals surface area contributed by atoms with Gasteiger partial charge in [-0.1, -0.05) is 84.0 Å². The smallest absolute Gasteiger partial charge is 0.0573 e. The maximum absolute atomic E-state index is 10.3. The van der Waals surface area contributed by atoms with Crippen molar-refractivity contribution in [2.75, 3.05) is 0 Å². The largest absolute Gasteiger partial charge is 0.393 e. The summed E-state index contributed by atoms with van der Waals surface area (Å²) in [5, 5.41) is 10.3. The maximum atomic E-state index is 10.3. The molecule has 0 aromatic carbocycles. The normalized spacial score (nSPS) is 29.1. The zero-order valence-corrected chi connectivity index (χ0v) is 14.4. The van der Waals surface area contributed by atoms with Crippen LogP contribution in [0.5, 0.6) is 0 Å². The lowest BCUT2D eigenvalue weighted by atomic mass is 10.0. The van der Waals surface area contributed by atoms with E-state index in [0.29, 0.717) is 5.92 Å². The maximum Gasteiger partial charge on any atom is 0.0573 e. The van der Waals surface area contributed by atoms with Crippen molar-refractivity contribution in [3.63, 3.8) is 0 Å². The third-order valence-electron chi connectivity index (χ3n) is 6.02. The fraction of sp³-hybridized carbons (Fsp3) is 1.00. The molecule has 124 valence electrons. The van der Waals surface area contributed by atoms with Crippen molar-refractivity contribution >= 4 is 0 Å². The van der Waals surface area contributed by atoms with Crippen LogP contribution in [0, 0.1) is 17.8 Å². The molecule has 1 heteroatoms. The molecular formula is C20H38O. The Hall–Kier alpha value is -0.0400. The van der Waals surface area contributed by atoms with Gasteiger partial charge in [0.05, 0.1) is 6.10 Å². The van der Waals surface area contributed by atoms with Crippen LogP contribution < -0.4 is 0 Å². The van der Waals surface area contributed by atoms with Gasteiger partial charge in [0.15, 0.2) is 0 Å². The summed E-state index contributed by atoms with van der Waals surface area (Å²) in [6.07, 6.45) is 20.7. The average Bonchev–Trinajstić information content (AvgIpc) is 3.23. The minimum Gasteiger partial charge on any atom is -0.393 e.